The Hall–Kier alpha value is -6.18. The molecule has 0 aliphatic heterocycles. The summed E-state index contributed by atoms with van der Waals surface area (Å²) in [5.74, 6) is 0. The third-order valence-electron chi connectivity index (χ3n) is 8.24. The molecule has 0 aliphatic carbocycles. The zero-order chi connectivity index (χ0) is 38.4. The number of fused-ring (bicyclic) bond motifs is 1. The topological polar surface area (TPSA) is 3.24 Å². The van der Waals surface area contributed by atoms with Gasteiger partial charge < -0.3 is 4.90 Å². The Kier molecular flexibility index (Phi) is 5.60. The van der Waals surface area contributed by atoms with Crippen molar-refractivity contribution in [2.75, 3.05) is 4.90 Å². The van der Waals surface area contributed by atoms with Crippen LogP contribution in [0.2, 0.25) is 0 Å². The molecule has 8 aromatic carbocycles. The zero-order valence-electron chi connectivity index (χ0n) is 33.4. The van der Waals surface area contributed by atoms with E-state index < -0.39 is 12.1 Å². The summed E-state index contributed by atoms with van der Waals surface area (Å²) in [5, 5.41) is 1.64. The molecule has 0 atom stereocenters. The van der Waals surface area contributed by atoms with Gasteiger partial charge in [0.15, 0.2) is 0 Å². The van der Waals surface area contributed by atoms with E-state index in [1.54, 1.807) is 42.5 Å². The SMILES string of the molecule is [2H]c1c([2H])c(-c2cccc3ccccc23)c([2H])c(N(c2ccc(-c3ccc(-c4ccccc4)cc3)cc2)c2c([2H])c([2H])c(-c3ccccc3)c([2H])c2[2H])c1[2H]. The van der Waals surface area contributed by atoms with Crippen LogP contribution in [0.3, 0.4) is 0 Å². The number of hydrogen-bond donors (Lipinski definition) is 0. The lowest BCUT2D eigenvalue weighted by Crippen LogP contribution is -2.10. The lowest BCUT2D eigenvalue weighted by atomic mass is 9.97. The first-order valence-electron chi connectivity index (χ1n) is 19.5. The number of rotatable bonds is 7. The Morgan fingerprint density at radius 3 is 1.53 bits per heavy atom. The van der Waals surface area contributed by atoms with Gasteiger partial charge in [-0.05, 0) is 91.6 Å². The van der Waals surface area contributed by atoms with Crippen LogP contribution in [0, 0.1) is 0 Å². The quantitative estimate of drug-likeness (QED) is 0.174. The van der Waals surface area contributed by atoms with Crippen LogP contribution in [0.5, 0.6) is 0 Å². The summed E-state index contributed by atoms with van der Waals surface area (Å²) in [6.45, 7) is 0. The maximum Gasteiger partial charge on any atom is 0.0651 e. The molecule has 8 rings (SSSR count). The summed E-state index contributed by atoms with van der Waals surface area (Å²) in [4.78, 5) is 1.38. The second-order valence-electron chi connectivity index (χ2n) is 11.2. The lowest BCUT2D eigenvalue weighted by Gasteiger charge is -2.26. The van der Waals surface area contributed by atoms with Crippen LogP contribution in [0.15, 0.2) is 200 Å². The van der Waals surface area contributed by atoms with Crippen LogP contribution in [0.25, 0.3) is 55.3 Å². The predicted octanol–water partition coefficient (Wildman–Crippen LogP) is 13.0. The molecule has 0 heterocycles. The average molecular weight is 608 g/mol. The van der Waals surface area contributed by atoms with Crippen LogP contribution in [0.1, 0.15) is 11.0 Å². The number of benzene rings is 8. The van der Waals surface area contributed by atoms with Gasteiger partial charge in [-0.1, -0.05) is 164 Å². The van der Waals surface area contributed by atoms with E-state index in [0.717, 1.165) is 33.0 Å². The first-order chi connectivity index (χ1) is 26.7. The maximum atomic E-state index is 9.68. The highest BCUT2D eigenvalue weighted by Gasteiger charge is 2.15. The highest BCUT2D eigenvalue weighted by atomic mass is 15.1. The molecule has 0 spiro atoms. The van der Waals surface area contributed by atoms with Gasteiger partial charge in [-0.2, -0.15) is 0 Å². The molecule has 0 bridgehead atoms. The second-order valence-corrected chi connectivity index (χ2v) is 11.2. The first-order valence-corrected chi connectivity index (χ1v) is 15.5. The average Bonchev–Trinajstić information content (AvgIpc) is 3.23. The molecule has 0 aliphatic rings. The summed E-state index contributed by atoms with van der Waals surface area (Å²) in [6.07, 6.45) is 0. The molecule has 0 radical (unpaired) electrons. The Morgan fingerprint density at radius 2 is 0.872 bits per heavy atom. The van der Waals surface area contributed by atoms with Crippen molar-refractivity contribution in [2.24, 2.45) is 0 Å². The number of nitrogens with zero attached hydrogens (tertiary/aromatic N) is 1. The first kappa shape index (κ1) is 20.8. The van der Waals surface area contributed by atoms with Crippen LogP contribution >= 0.6 is 0 Å². The summed E-state index contributed by atoms with van der Waals surface area (Å²) in [6, 6.07) is 44.7. The molecule has 47 heavy (non-hydrogen) atoms. The van der Waals surface area contributed by atoms with Crippen molar-refractivity contribution in [1.29, 1.82) is 0 Å². The molecule has 8 aromatic rings. The second kappa shape index (κ2) is 12.7. The van der Waals surface area contributed by atoms with Gasteiger partial charge in [0.25, 0.3) is 0 Å². The fourth-order valence-electron chi connectivity index (χ4n) is 5.85. The molecule has 0 saturated heterocycles. The van der Waals surface area contributed by atoms with Gasteiger partial charge in [0, 0.05) is 17.1 Å². The molecule has 222 valence electrons. The van der Waals surface area contributed by atoms with Gasteiger partial charge >= 0.3 is 0 Å². The highest BCUT2D eigenvalue weighted by Crippen LogP contribution is 2.39. The van der Waals surface area contributed by atoms with E-state index in [-0.39, 0.29) is 58.8 Å². The van der Waals surface area contributed by atoms with Crippen molar-refractivity contribution in [3.63, 3.8) is 0 Å². The Labute approximate surface area is 287 Å². The molecule has 1 heteroatoms. The van der Waals surface area contributed by atoms with Crippen molar-refractivity contribution >= 4 is 27.8 Å². The van der Waals surface area contributed by atoms with Crippen LogP contribution in [-0.4, -0.2) is 0 Å². The minimum absolute atomic E-state index is 0.128. The minimum Gasteiger partial charge on any atom is -0.310 e. The summed E-state index contributed by atoms with van der Waals surface area (Å²) >= 11 is 0. The fraction of sp³-hybridized carbons (Fsp3) is 0. The lowest BCUT2D eigenvalue weighted by molar-refractivity contribution is 1.28. The molecule has 1 nitrogen and oxygen atoms in total. The van der Waals surface area contributed by atoms with Crippen molar-refractivity contribution in [1.82, 2.24) is 0 Å². The zero-order valence-corrected chi connectivity index (χ0v) is 25.4. The molecular weight excluding hydrogens is 567 g/mol. The van der Waals surface area contributed by atoms with E-state index in [2.05, 4.69) is 24.3 Å². The normalized spacial score (nSPS) is 13.4. The molecule has 0 fully saturated rings. The van der Waals surface area contributed by atoms with E-state index in [0.29, 0.717) is 16.8 Å². The van der Waals surface area contributed by atoms with Gasteiger partial charge in [-0.3, -0.25) is 0 Å². The highest BCUT2D eigenvalue weighted by molar-refractivity contribution is 5.97. The Balaban J connectivity index is 1.35. The number of anilines is 3. The minimum atomic E-state index is -0.441. The van der Waals surface area contributed by atoms with Crippen molar-refractivity contribution in [2.45, 2.75) is 0 Å². The predicted molar refractivity (Wildman–Crippen MR) is 200 cm³/mol. The van der Waals surface area contributed by atoms with Crippen LogP contribution in [-0.2, 0) is 0 Å². The third-order valence-corrected chi connectivity index (χ3v) is 8.24. The smallest absolute Gasteiger partial charge is 0.0651 e. The summed E-state index contributed by atoms with van der Waals surface area (Å²) in [7, 11) is 0. The van der Waals surface area contributed by atoms with Gasteiger partial charge in [0.1, 0.15) is 0 Å². The van der Waals surface area contributed by atoms with Crippen molar-refractivity contribution in [3.8, 4) is 44.5 Å². The summed E-state index contributed by atoms with van der Waals surface area (Å²) in [5.41, 5.74) is 5.38. The fourth-order valence-corrected chi connectivity index (χ4v) is 5.85. The molecule has 0 N–H and O–H groups in total. The summed E-state index contributed by atoms with van der Waals surface area (Å²) < 4.78 is 73.9. The van der Waals surface area contributed by atoms with Crippen molar-refractivity contribution < 1.29 is 11.0 Å². The molecule has 0 saturated carbocycles. The van der Waals surface area contributed by atoms with E-state index in [1.165, 1.54) is 4.90 Å². The maximum absolute atomic E-state index is 9.68. The standard InChI is InChI=1S/C46H33N/c1-3-11-34(12-4-1)36-21-23-37(24-22-36)39-27-31-43(32-28-39)47(42-29-25-38(26-30-42)35-13-5-2-6-14-35)44-18-9-17-41(33-44)46-20-10-16-40-15-7-8-19-45(40)46/h1-33H/i9D,17D,18D,25D,26D,29D,30D,33D. The third kappa shape index (κ3) is 5.83. The van der Waals surface area contributed by atoms with E-state index in [9.17, 15) is 5.48 Å². The van der Waals surface area contributed by atoms with Gasteiger partial charge in [-0.15, -0.1) is 0 Å². The number of hydrogen-bond acceptors (Lipinski definition) is 1. The van der Waals surface area contributed by atoms with Crippen LogP contribution < -0.4 is 4.90 Å². The van der Waals surface area contributed by atoms with E-state index in [4.69, 9.17) is 5.48 Å². The largest absolute Gasteiger partial charge is 0.310 e. The monoisotopic (exact) mass is 607 g/mol. The molecular formula is C46H33N. The Bertz CT molecular complexity index is 2680. The molecule has 0 aromatic heterocycles. The van der Waals surface area contributed by atoms with Crippen LogP contribution in [0.4, 0.5) is 17.1 Å². The van der Waals surface area contributed by atoms with E-state index in [1.807, 2.05) is 84.9 Å². The Morgan fingerprint density at radius 1 is 0.340 bits per heavy atom. The molecule has 0 amide bonds. The van der Waals surface area contributed by atoms with Gasteiger partial charge in [0.2, 0.25) is 0 Å². The molecule has 0 unspecified atom stereocenters. The van der Waals surface area contributed by atoms with Gasteiger partial charge in [-0.25, -0.2) is 0 Å². The van der Waals surface area contributed by atoms with Crippen molar-refractivity contribution in [3.05, 3.63) is 200 Å². The van der Waals surface area contributed by atoms with E-state index >= 15 is 0 Å². The van der Waals surface area contributed by atoms with Gasteiger partial charge in [0.05, 0.1) is 11.0 Å².